The third kappa shape index (κ3) is 12.7. The van der Waals surface area contributed by atoms with Gasteiger partial charge in [0.25, 0.3) is 0 Å². The first-order valence-electron chi connectivity index (χ1n) is 5.66. The van der Waals surface area contributed by atoms with Crippen molar-refractivity contribution in [3.8, 4) is 0 Å². The highest BCUT2D eigenvalue weighted by Gasteiger charge is 2.15. The molecule has 0 amide bonds. The summed E-state index contributed by atoms with van der Waals surface area (Å²) in [6, 6.07) is -2.25. The Bertz CT molecular complexity index is 373. The van der Waals surface area contributed by atoms with Crippen LogP contribution in [-0.4, -0.2) is 64.4 Å². The molecule has 0 saturated carbocycles. The predicted molar refractivity (Wildman–Crippen MR) is 67.7 cm³/mol. The molecule has 11 heteroatoms. The van der Waals surface area contributed by atoms with Crippen LogP contribution in [0.3, 0.4) is 0 Å². The monoisotopic (exact) mass is 309 g/mol. The summed E-state index contributed by atoms with van der Waals surface area (Å²) in [6.07, 6.45) is -0.300. The molecule has 0 aliphatic rings. The summed E-state index contributed by atoms with van der Waals surface area (Å²) >= 11 is 0. The lowest BCUT2D eigenvalue weighted by atomic mass is 10.2. The molecule has 21 heavy (non-hydrogen) atoms. The maximum atomic E-state index is 10.8. The van der Waals surface area contributed by atoms with E-state index in [-0.39, 0.29) is 12.8 Å². The number of hydrogen-bond acceptors (Lipinski definition) is 9. The van der Waals surface area contributed by atoms with E-state index in [9.17, 15) is 19.2 Å². The van der Waals surface area contributed by atoms with E-state index in [2.05, 4.69) is 4.74 Å². The Morgan fingerprint density at radius 2 is 1.43 bits per heavy atom. The van der Waals surface area contributed by atoms with E-state index < -0.39 is 49.1 Å². The van der Waals surface area contributed by atoms with Crippen molar-refractivity contribution in [3.05, 3.63) is 0 Å². The molecule has 0 rings (SSSR count). The third-order valence-corrected chi connectivity index (χ3v) is 1.88. The molecule has 0 spiro atoms. The highest BCUT2D eigenvalue weighted by molar-refractivity contribution is 5.86. The maximum Gasteiger partial charge on any atom is 0.327 e. The zero-order chi connectivity index (χ0) is 17.0. The van der Waals surface area contributed by atoms with Crippen LogP contribution < -0.4 is 17.2 Å². The summed E-state index contributed by atoms with van der Waals surface area (Å²) in [5.74, 6) is -4.05. The van der Waals surface area contributed by atoms with Gasteiger partial charge < -0.3 is 37.3 Å². The van der Waals surface area contributed by atoms with Crippen LogP contribution in [0.4, 0.5) is 0 Å². The van der Waals surface area contributed by atoms with Gasteiger partial charge in [0.1, 0.15) is 12.1 Å². The minimum atomic E-state index is -1.21. The van der Waals surface area contributed by atoms with E-state index in [1.807, 2.05) is 0 Å². The quantitative estimate of drug-likeness (QED) is 0.201. The number of hydrogen-bond donors (Lipinski definition) is 6. The first-order chi connectivity index (χ1) is 9.65. The number of carbonyl (C=O) groups is 4. The Kier molecular flexibility index (Phi) is 11.8. The first-order valence-corrected chi connectivity index (χ1v) is 5.66. The summed E-state index contributed by atoms with van der Waals surface area (Å²) in [5.41, 5.74) is 14.8. The van der Waals surface area contributed by atoms with E-state index >= 15 is 0 Å². The van der Waals surface area contributed by atoms with Gasteiger partial charge in [-0.25, -0.2) is 0 Å². The van der Waals surface area contributed by atoms with Crippen molar-refractivity contribution in [2.24, 2.45) is 17.2 Å². The fourth-order valence-electron chi connectivity index (χ4n) is 0.695. The summed E-state index contributed by atoms with van der Waals surface area (Å²) in [7, 11) is 0. The van der Waals surface area contributed by atoms with Gasteiger partial charge in [0.15, 0.2) is 0 Å². The lowest BCUT2D eigenvalue weighted by Crippen LogP contribution is -2.33. The smallest absolute Gasteiger partial charge is 0.327 e. The predicted octanol–water partition coefficient (Wildman–Crippen LogP) is -3.40. The fraction of sp³-hybridized carbons (Fsp3) is 0.600. The Labute approximate surface area is 119 Å². The number of aliphatic hydroxyl groups excluding tert-OH is 1. The van der Waals surface area contributed by atoms with Crippen LogP contribution in [0, 0.1) is 0 Å². The number of aliphatic hydroxyl groups is 1. The standard InChI is InChI=1S/C7H12N2O5.C3H7NO3/c8-3-6(11)14-5(10)2-1-4(9)7(12)13;4-2(1-5)3(6)7/h4H,1-3,8-9H2,(H,12,13);2,5H,1,4H2,(H,6,7)/t4-;2-/m00/s1. The van der Waals surface area contributed by atoms with Crippen molar-refractivity contribution in [3.63, 3.8) is 0 Å². The van der Waals surface area contributed by atoms with Gasteiger partial charge in [-0.1, -0.05) is 0 Å². The molecule has 2 atom stereocenters. The average Bonchev–Trinajstić information content (AvgIpc) is 2.43. The van der Waals surface area contributed by atoms with Crippen molar-refractivity contribution in [2.75, 3.05) is 13.2 Å². The molecule has 0 unspecified atom stereocenters. The average molecular weight is 309 g/mol. The summed E-state index contributed by atoms with van der Waals surface area (Å²) in [6.45, 7) is -0.897. The Morgan fingerprint density at radius 1 is 0.952 bits per heavy atom. The number of aliphatic carboxylic acids is 2. The molecule has 0 aromatic heterocycles. The van der Waals surface area contributed by atoms with Crippen LogP contribution in [0.2, 0.25) is 0 Å². The first kappa shape index (κ1) is 21.2. The van der Waals surface area contributed by atoms with Gasteiger partial charge in [-0.3, -0.25) is 19.2 Å². The minimum Gasteiger partial charge on any atom is -0.480 e. The van der Waals surface area contributed by atoms with Gasteiger partial charge >= 0.3 is 23.9 Å². The van der Waals surface area contributed by atoms with Crippen molar-refractivity contribution in [2.45, 2.75) is 24.9 Å². The molecule has 11 nitrogen and oxygen atoms in total. The van der Waals surface area contributed by atoms with Crippen LogP contribution in [0.15, 0.2) is 0 Å². The summed E-state index contributed by atoms with van der Waals surface area (Å²) < 4.78 is 4.18. The summed E-state index contributed by atoms with van der Waals surface area (Å²) in [4.78, 5) is 41.1. The largest absolute Gasteiger partial charge is 0.480 e. The van der Waals surface area contributed by atoms with E-state index in [1.165, 1.54) is 0 Å². The molecule has 9 N–H and O–H groups in total. The normalized spacial score (nSPS) is 12.4. The van der Waals surface area contributed by atoms with Gasteiger partial charge in [-0.05, 0) is 6.42 Å². The van der Waals surface area contributed by atoms with E-state index in [0.29, 0.717) is 0 Å². The Balaban J connectivity index is 0. The molecule has 0 aliphatic heterocycles. The Hall–Kier alpha value is -2.08. The zero-order valence-electron chi connectivity index (χ0n) is 11.1. The van der Waals surface area contributed by atoms with E-state index in [1.54, 1.807) is 0 Å². The molecule has 0 radical (unpaired) electrons. The van der Waals surface area contributed by atoms with Crippen molar-refractivity contribution in [1.82, 2.24) is 0 Å². The minimum absolute atomic E-state index is 0.0774. The summed E-state index contributed by atoms with van der Waals surface area (Å²) in [5, 5.41) is 24.3. The number of rotatable bonds is 7. The molecule has 122 valence electrons. The van der Waals surface area contributed by atoms with Crippen LogP contribution >= 0.6 is 0 Å². The fourth-order valence-corrected chi connectivity index (χ4v) is 0.695. The molecule has 0 aromatic rings. The molecule has 0 aromatic carbocycles. The molecular formula is C10H19N3O8. The number of carboxylic acid groups (broad SMARTS) is 2. The lowest BCUT2D eigenvalue weighted by molar-refractivity contribution is -0.158. The lowest BCUT2D eigenvalue weighted by Gasteiger charge is -2.04. The van der Waals surface area contributed by atoms with Gasteiger partial charge in [-0.2, -0.15) is 0 Å². The number of nitrogens with two attached hydrogens (primary N) is 3. The second kappa shape index (κ2) is 11.7. The van der Waals surface area contributed by atoms with Gasteiger partial charge in [0.05, 0.1) is 13.2 Å². The highest BCUT2D eigenvalue weighted by Crippen LogP contribution is 1.97. The van der Waals surface area contributed by atoms with Crippen LogP contribution in [0.25, 0.3) is 0 Å². The molecular weight excluding hydrogens is 290 g/mol. The number of ether oxygens (including phenoxy) is 1. The number of carboxylic acids is 2. The second-order valence-corrected chi connectivity index (χ2v) is 3.66. The molecule has 0 aliphatic carbocycles. The molecule has 0 bridgehead atoms. The zero-order valence-corrected chi connectivity index (χ0v) is 11.1. The highest BCUT2D eigenvalue weighted by atomic mass is 16.6. The van der Waals surface area contributed by atoms with Crippen LogP contribution in [0.1, 0.15) is 12.8 Å². The molecule has 0 heterocycles. The number of carbonyl (C=O) groups excluding carboxylic acids is 2. The van der Waals surface area contributed by atoms with Gasteiger partial charge in [-0.15, -0.1) is 0 Å². The van der Waals surface area contributed by atoms with Crippen molar-refractivity contribution >= 4 is 23.9 Å². The van der Waals surface area contributed by atoms with Crippen LogP contribution in [0.5, 0.6) is 0 Å². The molecule has 0 fully saturated rings. The molecule has 0 saturated heterocycles. The second-order valence-electron chi connectivity index (χ2n) is 3.66. The van der Waals surface area contributed by atoms with Crippen molar-refractivity contribution in [1.29, 1.82) is 0 Å². The van der Waals surface area contributed by atoms with Crippen molar-refractivity contribution < 1.29 is 39.2 Å². The number of esters is 2. The van der Waals surface area contributed by atoms with Gasteiger partial charge in [0, 0.05) is 6.42 Å². The SMILES string of the molecule is NCC(=O)OC(=O)CC[C@H](N)C(=O)O.N[C@@H](CO)C(=O)O. The maximum absolute atomic E-state index is 10.8. The third-order valence-electron chi connectivity index (χ3n) is 1.88. The topological polar surface area (TPSA) is 216 Å². The van der Waals surface area contributed by atoms with E-state index in [0.717, 1.165) is 0 Å². The van der Waals surface area contributed by atoms with Gasteiger partial charge in [0.2, 0.25) is 0 Å². The van der Waals surface area contributed by atoms with E-state index in [4.69, 9.17) is 32.5 Å². The van der Waals surface area contributed by atoms with Crippen LogP contribution in [-0.2, 0) is 23.9 Å². The Morgan fingerprint density at radius 3 is 1.71 bits per heavy atom.